The molecule has 0 unspecified atom stereocenters. The number of rotatable bonds is 8. The topological polar surface area (TPSA) is 46.2 Å². The van der Waals surface area contributed by atoms with Crippen LogP contribution in [0.15, 0.2) is 29.2 Å². The predicted molar refractivity (Wildman–Crippen MR) is 77.0 cm³/mol. The van der Waals surface area contributed by atoms with Gasteiger partial charge in [-0.1, -0.05) is 0 Å². The minimum atomic E-state index is -3.32. The van der Waals surface area contributed by atoms with Gasteiger partial charge in [0, 0.05) is 0 Å². The SMILES string of the molecule is CCCC[Se]c1ccccc1S(=O)(=O)NCCC. The first kappa shape index (κ1) is 15.7. The average molecular weight is 334 g/mol. The van der Waals surface area contributed by atoms with Gasteiger partial charge in [-0.25, -0.2) is 0 Å². The van der Waals surface area contributed by atoms with Crippen LogP contribution in [0.4, 0.5) is 0 Å². The zero-order valence-corrected chi connectivity index (χ0v) is 13.5. The summed E-state index contributed by atoms with van der Waals surface area (Å²) in [7, 11) is -3.32. The summed E-state index contributed by atoms with van der Waals surface area (Å²) in [6, 6.07) is 7.36. The molecule has 0 amide bonds. The second kappa shape index (κ2) is 7.95. The molecule has 0 aromatic heterocycles. The zero-order valence-electron chi connectivity index (χ0n) is 11.0. The van der Waals surface area contributed by atoms with E-state index in [-0.39, 0.29) is 15.0 Å². The Morgan fingerprint density at radius 2 is 1.89 bits per heavy atom. The summed E-state index contributed by atoms with van der Waals surface area (Å²) in [6.07, 6.45) is 3.13. The Morgan fingerprint density at radius 3 is 2.56 bits per heavy atom. The molecule has 1 rings (SSSR count). The number of hydrogen-bond donors (Lipinski definition) is 1. The molecule has 102 valence electrons. The molecule has 0 aliphatic heterocycles. The third kappa shape index (κ3) is 4.73. The molecule has 1 N–H and O–H groups in total. The third-order valence-electron chi connectivity index (χ3n) is 2.44. The Hall–Kier alpha value is -0.351. The fourth-order valence-electron chi connectivity index (χ4n) is 1.43. The van der Waals surface area contributed by atoms with Crippen LogP contribution < -0.4 is 9.18 Å². The number of benzene rings is 1. The van der Waals surface area contributed by atoms with Crippen molar-refractivity contribution in [2.24, 2.45) is 0 Å². The van der Waals surface area contributed by atoms with E-state index in [0.29, 0.717) is 11.4 Å². The molecule has 1 aromatic rings. The maximum absolute atomic E-state index is 12.1. The molecule has 0 aliphatic carbocycles. The van der Waals surface area contributed by atoms with E-state index in [0.717, 1.165) is 29.0 Å². The fraction of sp³-hybridized carbons (Fsp3) is 0.538. The van der Waals surface area contributed by atoms with E-state index in [1.807, 2.05) is 19.1 Å². The quantitative estimate of drug-likeness (QED) is 0.583. The predicted octanol–water partition coefficient (Wildman–Crippen LogP) is 1.92. The van der Waals surface area contributed by atoms with Crippen molar-refractivity contribution in [3.8, 4) is 0 Å². The molecule has 0 heterocycles. The van der Waals surface area contributed by atoms with Crippen LogP contribution in [0.5, 0.6) is 0 Å². The Labute approximate surface area is 117 Å². The number of hydrogen-bond acceptors (Lipinski definition) is 2. The molecule has 0 saturated carbocycles. The molecule has 5 heteroatoms. The molecular weight excluding hydrogens is 313 g/mol. The number of sulfonamides is 1. The van der Waals surface area contributed by atoms with E-state index < -0.39 is 10.0 Å². The first-order chi connectivity index (χ1) is 8.61. The average Bonchev–Trinajstić information content (AvgIpc) is 2.37. The van der Waals surface area contributed by atoms with Crippen LogP contribution in [0, 0.1) is 0 Å². The summed E-state index contributed by atoms with van der Waals surface area (Å²) in [5, 5.41) is 1.10. The van der Waals surface area contributed by atoms with Gasteiger partial charge >= 0.3 is 117 Å². The van der Waals surface area contributed by atoms with Gasteiger partial charge in [-0.3, -0.25) is 0 Å². The van der Waals surface area contributed by atoms with Crippen LogP contribution in [-0.2, 0) is 10.0 Å². The van der Waals surface area contributed by atoms with E-state index in [4.69, 9.17) is 0 Å². The zero-order chi connectivity index (χ0) is 13.4. The van der Waals surface area contributed by atoms with Crippen molar-refractivity contribution in [1.82, 2.24) is 4.72 Å². The Bertz CT molecular complexity index is 460. The summed E-state index contributed by atoms with van der Waals surface area (Å²) < 4.78 is 27.9. The molecule has 1 aromatic carbocycles. The van der Waals surface area contributed by atoms with Crippen LogP contribution in [0.25, 0.3) is 0 Å². The Morgan fingerprint density at radius 1 is 1.17 bits per heavy atom. The summed E-state index contributed by atoms with van der Waals surface area (Å²) in [5.74, 6) is 0. The van der Waals surface area contributed by atoms with Gasteiger partial charge in [-0.15, -0.1) is 0 Å². The molecule has 0 bridgehead atoms. The summed E-state index contributed by atoms with van der Waals surface area (Å²) in [5.41, 5.74) is 0. The van der Waals surface area contributed by atoms with Gasteiger partial charge < -0.3 is 0 Å². The Kier molecular flexibility index (Phi) is 6.94. The number of nitrogens with one attached hydrogen (secondary N) is 1. The van der Waals surface area contributed by atoms with E-state index in [9.17, 15) is 8.42 Å². The van der Waals surface area contributed by atoms with Crippen molar-refractivity contribution < 1.29 is 8.42 Å². The molecule has 0 atom stereocenters. The first-order valence-corrected chi connectivity index (χ1v) is 9.88. The standard InChI is InChI=1S/C13H21NO2SSe/c1-3-5-11-18-13-9-7-6-8-12(13)17(15,16)14-10-4-2/h6-9,14H,3-5,10-11H2,1-2H3. The second-order valence-electron chi connectivity index (χ2n) is 4.05. The van der Waals surface area contributed by atoms with Gasteiger partial charge in [0.2, 0.25) is 0 Å². The summed E-state index contributed by atoms with van der Waals surface area (Å²) in [6.45, 7) is 4.61. The third-order valence-corrected chi connectivity index (χ3v) is 6.68. The van der Waals surface area contributed by atoms with E-state index in [1.54, 1.807) is 12.1 Å². The molecule has 3 nitrogen and oxygen atoms in total. The van der Waals surface area contributed by atoms with E-state index in [2.05, 4.69) is 11.6 Å². The van der Waals surface area contributed by atoms with Gasteiger partial charge in [0.1, 0.15) is 0 Å². The summed E-state index contributed by atoms with van der Waals surface area (Å²) >= 11 is 0.244. The van der Waals surface area contributed by atoms with Crippen molar-refractivity contribution >= 4 is 29.4 Å². The van der Waals surface area contributed by atoms with Gasteiger partial charge in [0.25, 0.3) is 0 Å². The normalized spacial score (nSPS) is 11.7. The molecule has 18 heavy (non-hydrogen) atoms. The molecule has 0 radical (unpaired) electrons. The minimum absolute atomic E-state index is 0.244. The van der Waals surface area contributed by atoms with Gasteiger partial charge in [0.15, 0.2) is 0 Å². The number of unbranched alkanes of at least 4 members (excludes halogenated alkanes) is 1. The van der Waals surface area contributed by atoms with Crippen LogP contribution in [0.1, 0.15) is 33.1 Å². The van der Waals surface area contributed by atoms with Crippen molar-refractivity contribution in [3.63, 3.8) is 0 Å². The van der Waals surface area contributed by atoms with E-state index >= 15 is 0 Å². The van der Waals surface area contributed by atoms with Crippen LogP contribution >= 0.6 is 0 Å². The molecule has 0 spiro atoms. The summed E-state index contributed by atoms with van der Waals surface area (Å²) in [4.78, 5) is 0.467. The van der Waals surface area contributed by atoms with Gasteiger partial charge in [0.05, 0.1) is 0 Å². The molecule has 0 aliphatic rings. The molecule has 0 fully saturated rings. The van der Waals surface area contributed by atoms with Crippen molar-refractivity contribution in [3.05, 3.63) is 24.3 Å². The fourth-order valence-corrected chi connectivity index (χ4v) is 5.83. The van der Waals surface area contributed by atoms with Crippen LogP contribution in [0.3, 0.4) is 0 Å². The molecule has 0 saturated heterocycles. The van der Waals surface area contributed by atoms with E-state index in [1.165, 1.54) is 0 Å². The van der Waals surface area contributed by atoms with Crippen molar-refractivity contribution in [1.29, 1.82) is 0 Å². The van der Waals surface area contributed by atoms with Gasteiger partial charge in [-0.05, 0) is 0 Å². The van der Waals surface area contributed by atoms with Crippen molar-refractivity contribution in [2.45, 2.75) is 43.3 Å². The second-order valence-corrected chi connectivity index (χ2v) is 8.17. The van der Waals surface area contributed by atoms with Gasteiger partial charge in [-0.2, -0.15) is 0 Å². The monoisotopic (exact) mass is 335 g/mol. The first-order valence-electron chi connectivity index (χ1n) is 6.33. The van der Waals surface area contributed by atoms with Crippen molar-refractivity contribution in [2.75, 3.05) is 6.54 Å². The van der Waals surface area contributed by atoms with Crippen LogP contribution in [-0.4, -0.2) is 29.9 Å². The maximum atomic E-state index is 12.1. The molecular formula is C13H21NO2SSe. The van der Waals surface area contributed by atoms with Crippen LogP contribution in [0.2, 0.25) is 5.32 Å². The Balaban J connectivity index is 2.87.